The van der Waals surface area contributed by atoms with Gasteiger partial charge in [-0.2, -0.15) is 0 Å². The number of aromatic nitrogens is 3. The molecule has 3 heterocycles. The molecule has 2 aromatic rings. The fourth-order valence-electron chi connectivity index (χ4n) is 1.66. The molecule has 1 aliphatic heterocycles. The highest BCUT2D eigenvalue weighted by Crippen LogP contribution is 2.27. The normalized spacial score (nSPS) is 38.3. The maximum Gasteiger partial charge on any atom is 0.147 e. The largest absolute Gasteiger partial charge is 0.356 e. The lowest BCUT2D eigenvalue weighted by Crippen LogP contribution is -2.40. The lowest BCUT2D eigenvalue weighted by Gasteiger charge is -2.31. The Labute approximate surface area is 127 Å². The molecule has 6 heteroatoms. The van der Waals surface area contributed by atoms with Crippen LogP contribution in [0, 0.1) is 6.92 Å². The first-order valence-corrected chi connectivity index (χ1v) is 4.96. The van der Waals surface area contributed by atoms with Gasteiger partial charge in [0.1, 0.15) is 20.4 Å². The second-order valence-electron chi connectivity index (χ2n) is 3.58. The van der Waals surface area contributed by atoms with E-state index in [1.807, 2.05) is 0 Å². The number of H-pyrrole nitrogens is 1. The number of nitrogens with one attached hydrogen (secondary N) is 1. The first-order valence-electron chi connectivity index (χ1n) is 10.3. The maximum absolute atomic E-state index is 8.31. The summed E-state index contributed by atoms with van der Waals surface area (Å²) < 4.78 is 86.4. The number of aryl methyl sites for hydroxylation is 1. The highest BCUT2D eigenvalue weighted by atomic mass is 35.5. The van der Waals surface area contributed by atoms with Gasteiger partial charge in [0, 0.05) is 37.5 Å². The van der Waals surface area contributed by atoms with Gasteiger partial charge in [-0.05, 0) is 25.2 Å². The molecule has 0 saturated carbocycles. The fraction of sp³-hybridized carbons (Fsp3) is 0.500. The van der Waals surface area contributed by atoms with Crippen molar-refractivity contribution in [3.63, 3.8) is 0 Å². The Morgan fingerprint density at radius 2 is 2.39 bits per heavy atom. The molecule has 0 radical (unpaired) electrons. The number of aromatic amines is 1. The summed E-state index contributed by atoms with van der Waals surface area (Å²) in [4.78, 5) is 11.0. The molecule has 0 aromatic carbocycles. The van der Waals surface area contributed by atoms with Gasteiger partial charge in [0.2, 0.25) is 0 Å². The zero-order chi connectivity index (χ0) is 22.6. The average molecular weight is 279 g/mol. The Hall–Kier alpha value is -1.33. The molecular weight excluding hydrogens is 250 g/mol. The summed E-state index contributed by atoms with van der Waals surface area (Å²) in [6.45, 7) is -4.87. The van der Waals surface area contributed by atoms with E-state index in [0.29, 0.717) is 5.56 Å². The van der Waals surface area contributed by atoms with Gasteiger partial charge in [-0.25, -0.2) is 9.97 Å². The number of hydrogen-bond donors (Lipinski definition) is 2. The van der Waals surface area contributed by atoms with E-state index < -0.39 is 31.8 Å². The second kappa shape index (κ2) is 5.12. The van der Waals surface area contributed by atoms with Crippen molar-refractivity contribution >= 4 is 29.2 Å². The molecule has 3 rings (SSSR count). The van der Waals surface area contributed by atoms with Crippen LogP contribution in [-0.2, 0) is 0 Å². The average Bonchev–Trinajstić information content (AvgIpc) is 3.03. The Balaban J connectivity index is 0.00000145. The van der Waals surface area contributed by atoms with E-state index in [2.05, 4.69) is 27.3 Å². The number of hydrogen-bond acceptors (Lipinski definition) is 4. The number of fused-ring (bicyclic) bond motifs is 1. The number of halogens is 1. The highest BCUT2D eigenvalue weighted by molar-refractivity contribution is 5.90. The van der Waals surface area contributed by atoms with Gasteiger partial charge < -0.3 is 15.6 Å². The maximum atomic E-state index is 8.31. The summed E-state index contributed by atoms with van der Waals surface area (Å²) in [6, 6.07) is -3.25. The predicted octanol–water partition coefficient (Wildman–Crippen LogP) is 1.62. The number of piperidine rings is 1. The van der Waals surface area contributed by atoms with Crippen LogP contribution < -0.4 is 10.6 Å². The van der Waals surface area contributed by atoms with Crippen LogP contribution in [0.25, 0.3) is 11.0 Å². The van der Waals surface area contributed by atoms with Gasteiger partial charge in [0.15, 0.2) is 0 Å². The quantitative estimate of drug-likeness (QED) is 0.876. The number of nitrogens with two attached hydrogens (primary N) is 1. The van der Waals surface area contributed by atoms with Crippen LogP contribution in [0.3, 0.4) is 0 Å². The van der Waals surface area contributed by atoms with Crippen LogP contribution in [0.4, 0.5) is 5.82 Å². The monoisotopic (exact) mass is 278 g/mol. The lowest BCUT2D eigenvalue weighted by molar-refractivity contribution is 0.499. The van der Waals surface area contributed by atoms with Gasteiger partial charge >= 0.3 is 0 Å². The zero-order valence-corrected chi connectivity index (χ0v) is 10.1. The number of anilines is 1. The summed E-state index contributed by atoms with van der Waals surface area (Å²) in [5.41, 5.74) is 2.17. The van der Waals surface area contributed by atoms with Crippen molar-refractivity contribution in [3.05, 3.63) is 18.1 Å². The fourth-order valence-corrected chi connectivity index (χ4v) is 1.66. The van der Waals surface area contributed by atoms with Crippen LogP contribution in [0.1, 0.15) is 30.6 Å². The molecule has 0 spiro atoms. The standard InChI is InChI=1S/C12H17N5.ClH/c1-8-6-14-11-10(8)12(16-7-15-11)17-4-2-9(13)3-5-17;/h6-7,9H,2-5,13H2,1H3,(H,14,15,16);1H/i2D2,3D2,4D2,5D2,9D;/hD2. The van der Waals surface area contributed by atoms with Crippen LogP contribution in [0.15, 0.2) is 12.5 Å². The van der Waals surface area contributed by atoms with Crippen LogP contribution in [-0.4, -0.2) is 35.1 Å². The first-order chi connectivity index (χ1) is 13.2. The van der Waals surface area contributed by atoms with Crippen molar-refractivity contribution in [2.45, 2.75) is 25.7 Å². The van der Waals surface area contributed by atoms with Crippen molar-refractivity contribution < 1.29 is 13.7 Å². The van der Waals surface area contributed by atoms with Crippen LogP contribution in [0.5, 0.6) is 0 Å². The minimum Gasteiger partial charge on any atom is -0.356 e. The molecule has 0 amide bonds. The Bertz CT molecular complexity index is 873. The molecule has 98 valence electrons. The third-order valence-corrected chi connectivity index (χ3v) is 2.44. The molecule has 0 atom stereocenters. The van der Waals surface area contributed by atoms with E-state index in [1.54, 1.807) is 6.92 Å². The van der Waals surface area contributed by atoms with Crippen molar-refractivity contribution in [2.24, 2.45) is 5.73 Å². The second-order valence-corrected chi connectivity index (χ2v) is 3.58. The molecule has 0 aliphatic carbocycles. The Morgan fingerprint density at radius 1 is 1.61 bits per heavy atom. The molecule has 1 fully saturated rings. The van der Waals surface area contributed by atoms with Gasteiger partial charge in [-0.3, -0.25) is 0 Å². The molecule has 0 unspecified atom stereocenters. The molecule has 1 aliphatic rings. The zero-order valence-electron chi connectivity index (χ0n) is 20.4. The van der Waals surface area contributed by atoms with E-state index in [-0.39, 0.29) is 21.8 Å². The minimum atomic E-state index is -3.35. The van der Waals surface area contributed by atoms with Crippen molar-refractivity contribution in [3.8, 4) is 0 Å². The summed E-state index contributed by atoms with van der Waals surface area (Å²) in [5.74, 6) is -0.353. The molecule has 1 saturated heterocycles. The van der Waals surface area contributed by atoms with Gasteiger partial charge in [0.25, 0.3) is 0 Å². The van der Waals surface area contributed by atoms with Crippen molar-refractivity contribution in [1.82, 2.24) is 15.0 Å². The molecule has 2 aromatic heterocycles. The Kier molecular flexibility index (Phi) is 1.42. The van der Waals surface area contributed by atoms with Gasteiger partial charge in [-0.15, -0.1) is 12.3 Å². The topological polar surface area (TPSA) is 70.8 Å². The predicted molar refractivity (Wildman–Crippen MR) is 75.3 cm³/mol. The van der Waals surface area contributed by atoms with Gasteiger partial charge in [0.05, 0.1) is 5.39 Å². The van der Waals surface area contributed by atoms with E-state index in [9.17, 15) is 0 Å². The Morgan fingerprint density at radius 3 is 3.11 bits per heavy atom. The number of rotatable bonds is 2. The van der Waals surface area contributed by atoms with Crippen molar-refractivity contribution in [1.29, 1.82) is 1.17 Å². The van der Waals surface area contributed by atoms with E-state index >= 15 is 0 Å². The molecule has 3 N–H and O–H groups in total. The summed E-state index contributed by atoms with van der Waals surface area (Å²) in [5, 5.41) is 0.202. The SMILES string of the molecule is [2H]Cl.[2H]NC1([2H])C([2H])([2H])C([2H])([2H])N(c2ncnc3[nH]cc(C)c23)C([2H])([2H])C1([2H])[2H]. The van der Waals surface area contributed by atoms with Gasteiger partial charge in [-0.1, -0.05) is 0 Å². The third-order valence-electron chi connectivity index (χ3n) is 2.44. The first kappa shape index (κ1) is 4.98. The van der Waals surface area contributed by atoms with E-state index in [1.165, 1.54) is 11.9 Å². The number of nitrogens with zero attached hydrogens (tertiary/aromatic N) is 3. The van der Waals surface area contributed by atoms with E-state index in [4.69, 9.17) is 14.9 Å². The lowest BCUT2D eigenvalue weighted by atomic mass is 10.1. The summed E-state index contributed by atoms with van der Waals surface area (Å²) in [6.07, 6.45) is -4.14. The van der Waals surface area contributed by atoms with E-state index in [0.717, 1.165) is 6.33 Å². The summed E-state index contributed by atoms with van der Waals surface area (Å²) in [7, 11) is 0. The van der Waals surface area contributed by atoms with Crippen LogP contribution >= 0.6 is 12.3 Å². The van der Waals surface area contributed by atoms with Crippen LogP contribution in [0.2, 0.25) is 1.41 Å². The van der Waals surface area contributed by atoms with Crippen molar-refractivity contribution in [2.75, 3.05) is 17.9 Å². The summed E-state index contributed by atoms with van der Waals surface area (Å²) >= 11 is 3.89. The third kappa shape index (κ3) is 2.15. The molecular formula is C12H18ClN5. The molecule has 18 heavy (non-hydrogen) atoms. The smallest absolute Gasteiger partial charge is 0.147 e. The molecule has 0 bridgehead atoms. The molecule has 5 nitrogen and oxygen atoms in total. The minimum absolute atomic E-state index is 0.202. The highest BCUT2D eigenvalue weighted by Gasteiger charge is 2.20.